The van der Waals surface area contributed by atoms with Crippen LogP contribution in [-0.2, 0) is 14.4 Å². The van der Waals surface area contributed by atoms with E-state index in [2.05, 4.69) is 5.32 Å². The van der Waals surface area contributed by atoms with Crippen LogP contribution in [0.2, 0.25) is 0 Å². The Morgan fingerprint density at radius 3 is 2.73 bits per heavy atom. The van der Waals surface area contributed by atoms with E-state index in [-0.39, 0.29) is 25.5 Å². The fraction of sp³-hybridized carbons (Fsp3) is 0.625. The summed E-state index contributed by atoms with van der Waals surface area (Å²) in [6, 6.07) is 0. The molecule has 0 aliphatic carbocycles. The second-order valence-corrected chi connectivity index (χ2v) is 3.11. The average Bonchev–Trinajstić information content (AvgIpc) is 2.40. The van der Waals surface area contributed by atoms with Gasteiger partial charge in [0.1, 0.15) is 0 Å². The van der Waals surface area contributed by atoms with Crippen molar-refractivity contribution >= 4 is 17.7 Å². The van der Waals surface area contributed by atoms with E-state index in [1.165, 1.54) is 0 Å². The molecule has 3 N–H and O–H groups in total. The molecule has 84 valence electrons. The number of nitrogens with zero attached hydrogens (tertiary/aromatic N) is 1. The molecule has 1 aliphatic rings. The topological polar surface area (TPSA) is 92.5 Å². The minimum absolute atomic E-state index is 0.00748. The van der Waals surface area contributed by atoms with Crippen LogP contribution >= 0.6 is 0 Å². The molecule has 1 fully saturated rings. The van der Waals surface area contributed by atoms with E-state index in [1.54, 1.807) is 0 Å². The van der Waals surface area contributed by atoms with Crippen LogP contribution in [0.5, 0.6) is 0 Å². The highest BCUT2D eigenvalue weighted by Crippen LogP contribution is 2.15. The van der Waals surface area contributed by atoms with Gasteiger partial charge < -0.3 is 11.1 Å². The standard InChI is InChI=1S/C8H12FN3O3/c9-5-3-7(14)12(8(5)15)2-1-6(13)11-4-10/h5H,1-4,10H2,(H,11,13). The molecule has 1 unspecified atom stereocenters. The number of hydrogen-bond donors (Lipinski definition) is 2. The predicted octanol–water partition coefficient (Wildman–Crippen LogP) is -1.49. The minimum atomic E-state index is -1.75. The zero-order valence-electron chi connectivity index (χ0n) is 8.03. The molecule has 1 rings (SSSR count). The van der Waals surface area contributed by atoms with Gasteiger partial charge in [0, 0.05) is 13.0 Å². The van der Waals surface area contributed by atoms with Crippen molar-refractivity contribution in [3.8, 4) is 0 Å². The predicted molar refractivity (Wildman–Crippen MR) is 48.0 cm³/mol. The maximum absolute atomic E-state index is 12.8. The Hall–Kier alpha value is -1.50. The van der Waals surface area contributed by atoms with Crippen LogP contribution in [0.1, 0.15) is 12.8 Å². The van der Waals surface area contributed by atoms with Gasteiger partial charge in [-0.1, -0.05) is 0 Å². The van der Waals surface area contributed by atoms with E-state index in [0.717, 1.165) is 4.90 Å². The summed E-state index contributed by atoms with van der Waals surface area (Å²) in [7, 11) is 0. The monoisotopic (exact) mass is 217 g/mol. The van der Waals surface area contributed by atoms with Crippen LogP contribution in [-0.4, -0.2) is 42.0 Å². The lowest BCUT2D eigenvalue weighted by atomic mass is 10.3. The number of likely N-dealkylation sites (tertiary alicyclic amines) is 1. The Bertz CT molecular complexity index is 295. The molecule has 6 nitrogen and oxygen atoms in total. The zero-order valence-corrected chi connectivity index (χ0v) is 8.03. The normalized spacial score (nSPS) is 20.9. The summed E-state index contributed by atoms with van der Waals surface area (Å²) < 4.78 is 12.8. The molecule has 1 saturated heterocycles. The largest absolute Gasteiger partial charge is 0.344 e. The second-order valence-electron chi connectivity index (χ2n) is 3.11. The van der Waals surface area contributed by atoms with Crippen LogP contribution in [0.3, 0.4) is 0 Å². The van der Waals surface area contributed by atoms with E-state index in [0.29, 0.717) is 0 Å². The Morgan fingerprint density at radius 1 is 1.60 bits per heavy atom. The van der Waals surface area contributed by atoms with Crippen molar-refractivity contribution in [3.05, 3.63) is 0 Å². The molecule has 3 amide bonds. The number of alkyl halides is 1. The molecule has 0 bridgehead atoms. The lowest BCUT2D eigenvalue weighted by Crippen LogP contribution is -2.36. The quantitative estimate of drug-likeness (QED) is 0.443. The Labute approximate surface area is 85.6 Å². The maximum Gasteiger partial charge on any atom is 0.264 e. The third kappa shape index (κ3) is 2.72. The Balaban J connectivity index is 2.42. The summed E-state index contributed by atoms with van der Waals surface area (Å²) in [6.45, 7) is -0.101. The highest BCUT2D eigenvalue weighted by Gasteiger charge is 2.38. The number of amides is 3. The molecule has 1 heterocycles. The van der Waals surface area contributed by atoms with Gasteiger partial charge >= 0.3 is 0 Å². The third-order valence-electron chi connectivity index (χ3n) is 2.05. The number of nitrogens with two attached hydrogens (primary N) is 1. The molecule has 0 radical (unpaired) electrons. The van der Waals surface area contributed by atoms with Crippen LogP contribution in [0.4, 0.5) is 4.39 Å². The number of hydrogen-bond acceptors (Lipinski definition) is 4. The van der Waals surface area contributed by atoms with Gasteiger partial charge in [0.25, 0.3) is 5.91 Å². The maximum atomic E-state index is 12.8. The fourth-order valence-electron chi connectivity index (χ4n) is 1.29. The van der Waals surface area contributed by atoms with Crippen molar-refractivity contribution < 1.29 is 18.8 Å². The van der Waals surface area contributed by atoms with Crippen molar-refractivity contribution in [1.82, 2.24) is 10.2 Å². The first-order valence-corrected chi connectivity index (χ1v) is 4.51. The number of rotatable bonds is 4. The van der Waals surface area contributed by atoms with Gasteiger partial charge in [0.2, 0.25) is 11.8 Å². The molecule has 0 aromatic heterocycles. The van der Waals surface area contributed by atoms with E-state index in [9.17, 15) is 18.8 Å². The van der Waals surface area contributed by atoms with Gasteiger partial charge in [0.15, 0.2) is 6.17 Å². The van der Waals surface area contributed by atoms with Crippen LogP contribution < -0.4 is 11.1 Å². The first-order valence-electron chi connectivity index (χ1n) is 4.51. The fourth-order valence-corrected chi connectivity index (χ4v) is 1.29. The van der Waals surface area contributed by atoms with Crippen molar-refractivity contribution in [2.45, 2.75) is 19.0 Å². The number of carbonyl (C=O) groups excluding carboxylic acids is 3. The van der Waals surface area contributed by atoms with Crippen LogP contribution in [0.25, 0.3) is 0 Å². The highest BCUT2D eigenvalue weighted by molar-refractivity contribution is 6.05. The van der Waals surface area contributed by atoms with E-state index < -0.39 is 24.4 Å². The third-order valence-corrected chi connectivity index (χ3v) is 2.05. The number of carbonyl (C=O) groups is 3. The molecule has 15 heavy (non-hydrogen) atoms. The summed E-state index contributed by atoms with van der Waals surface area (Å²) in [6.07, 6.45) is -2.23. The molecule has 0 aromatic rings. The van der Waals surface area contributed by atoms with Crippen LogP contribution in [0, 0.1) is 0 Å². The molecular weight excluding hydrogens is 205 g/mol. The summed E-state index contributed by atoms with van der Waals surface area (Å²) in [5, 5.41) is 2.31. The smallest absolute Gasteiger partial charge is 0.264 e. The highest BCUT2D eigenvalue weighted by atomic mass is 19.1. The Morgan fingerprint density at radius 2 is 2.27 bits per heavy atom. The van der Waals surface area contributed by atoms with Crippen molar-refractivity contribution in [2.24, 2.45) is 5.73 Å². The summed E-state index contributed by atoms with van der Waals surface area (Å²) in [5.74, 6) is -1.81. The van der Waals surface area contributed by atoms with Crippen molar-refractivity contribution in [1.29, 1.82) is 0 Å². The molecule has 1 atom stereocenters. The number of nitrogens with one attached hydrogen (secondary N) is 1. The lowest BCUT2D eigenvalue weighted by Gasteiger charge is -2.12. The molecule has 0 saturated carbocycles. The van der Waals surface area contributed by atoms with Gasteiger partial charge in [-0.3, -0.25) is 19.3 Å². The van der Waals surface area contributed by atoms with Gasteiger partial charge in [-0.25, -0.2) is 4.39 Å². The summed E-state index contributed by atoms with van der Waals surface area (Å²) >= 11 is 0. The number of halogens is 1. The lowest BCUT2D eigenvalue weighted by molar-refractivity contribution is -0.139. The van der Waals surface area contributed by atoms with Crippen LogP contribution in [0.15, 0.2) is 0 Å². The Kier molecular flexibility index (Phi) is 3.73. The first kappa shape index (κ1) is 11.6. The van der Waals surface area contributed by atoms with Gasteiger partial charge in [-0.15, -0.1) is 0 Å². The van der Waals surface area contributed by atoms with E-state index >= 15 is 0 Å². The minimum Gasteiger partial charge on any atom is -0.344 e. The molecule has 1 aliphatic heterocycles. The molecule has 0 aromatic carbocycles. The van der Waals surface area contributed by atoms with Crippen molar-refractivity contribution in [2.75, 3.05) is 13.2 Å². The zero-order chi connectivity index (χ0) is 11.4. The molecule has 7 heteroatoms. The second kappa shape index (κ2) is 4.83. The van der Waals surface area contributed by atoms with Gasteiger partial charge in [0.05, 0.1) is 13.1 Å². The molecule has 0 spiro atoms. The van der Waals surface area contributed by atoms with E-state index in [1.807, 2.05) is 0 Å². The van der Waals surface area contributed by atoms with Gasteiger partial charge in [-0.05, 0) is 0 Å². The summed E-state index contributed by atoms with van der Waals surface area (Å²) in [5.41, 5.74) is 5.05. The van der Waals surface area contributed by atoms with Gasteiger partial charge in [-0.2, -0.15) is 0 Å². The van der Waals surface area contributed by atoms with Crippen molar-refractivity contribution in [3.63, 3.8) is 0 Å². The molecular formula is C8H12FN3O3. The summed E-state index contributed by atoms with van der Waals surface area (Å²) in [4.78, 5) is 33.9. The SMILES string of the molecule is NCNC(=O)CCN1C(=O)CC(F)C1=O. The van der Waals surface area contributed by atoms with E-state index in [4.69, 9.17) is 5.73 Å². The average molecular weight is 217 g/mol. The number of imide groups is 1. The first-order chi connectivity index (χ1) is 7.06.